The fourth-order valence-corrected chi connectivity index (χ4v) is 5.09. The number of rotatable bonds is 7. The standard InChI is InChI=1S/C21H21N3O3S2/c1-13-18(28-14(2)24-13)11-23-21(26)15-8-9-20(17(10-15)22-3)29(27)19-7-5-4-6-16(19)12-25/h4-10,12,22H,11H2,1-3H3,(H,23,26). The molecule has 29 heavy (non-hydrogen) atoms. The predicted octanol–water partition coefficient (Wildman–Crippen LogP) is 3.71. The van der Waals surface area contributed by atoms with Crippen LogP contribution in [0.15, 0.2) is 52.3 Å². The molecule has 0 saturated heterocycles. The van der Waals surface area contributed by atoms with Gasteiger partial charge in [-0.3, -0.25) is 9.59 Å². The Bertz CT molecular complexity index is 1090. The maximum atomic E-state index is 13.0. The van der Waals surface area contributed by atoms with Gasteiger partial charge in [-0.05, 0) is 38.1 Å². The second kappa shape index (κ2) is 9.11. The summed E-state index contributed by atoms with van der Waals surface area (Å²) in [6.07, 6.45) is 0.692. The lowest BCUT2D eigenvalue weighted by atomic mass is 10.2. The molecule has 0 spiro atoms. The number of nitrogens with one attached hydrogen (secondary N) is 2. The molecule has 2 aromatic carbocycles. The number of hydrogen-bond donors (Lipinski definition) is 2. The van der Waals surface area contributed by atoms with Crippen molar-refractivity contribution in [1.82, 2.24) is 10.3 Å². The number of aromatic nitrogens is 1. The first-order valence-corrected chi connectivity index (χ1v) is 10.9. The van der Waals surface area contributed by atoms with E-state index in [0.29, 0.717) is 39.4 Å². The molecule has 2 N–H and O–H groups in total. The Morgan fingerprint density at radius 3 is 2.59 bits per heavy atom. The molecule has 1 aromatic heterocycles. The Balaban J connectivity index is 1.82. The van der Waals surface area contributed by atoms with Crippen molar-refractivity contribution in [3.8, 4) is 0 Å². The molecular formula is C21H21N3O3S2. The van der Waals surface area contributed by atoms with E-state index in [1.54, 1.807) is 60.8 Å². The molecule has 150 valence electrons. The van der Waals surface area contributed by atoms with Crippen LogP contribution in [0, 0.1) is 13.8 Å². The average molecular weight is 428 g/mol. The van der Waals surface area contributed by atoms with Crippen molar-refractivity contribution in [3.05, 3.63) is 69.2 Å². The van der Waals surface area contributed by atoms with Crippen LogP contribution in [0.4, 0.5) is 5.69 Å². The van der Waals surface area contributed by atoms with Gasteiger partial charge < -0.3 is 10.6 Å². The van der Waals surface area contributed by atoms with E-state index in [0.717, 1.165) is 15.6 Å². The third-order valence-corrected chi connectivity index (χ3v) is 6.97. The lowest BCUT2D eigenvalue weighted by Gasteiger charge is -2.12. The second-order valence-corrected chi connectivity index (χ2v) is 9.01. The molecule has 0 aliphatic heterocycles. The monoisotopic (exact) mass is 427 g/mol. The van der Waals surface area contributed by atoms with E-state index in [1.807, 2.05) is 13.8 Å². The molecule has 0 aliphatic rings. The van der Waals surface area contributed by atoms with Gasteiger partial charge in [-0.15, -0.1) is 11.3 Å². The molecule has 0 bridgehead atoms. The van der Waals surface area contributed by atoms with Gasteiger partial charge in [0.2, 0.25) is 0 Å². The number of benzene rings is 2. The van der Waals surface area contributed by atoms with Crippen LogP contribution >= 0.6 is 11.3 Å². The van der Waals surface area contributed by atoms with E-state index in [4.69, 9.17) is 0 Å². The molecule has 0 aliphatic carbocycles. The molecule has 0 fully saturated rings. The van der Waals surface area contributed by atoms with Crippen LogP contribution in [0.25, 0.3) is 0 Å². The van der Waals surface area contributed by atoms with Crippen LogP contribution in [0.2, 0.25) is 0 Å². The van der Waals surface area contributed by atoms with Crippen molar-refractivity contribution in [1.29, 1.82) is 0 Å². The first-order chi connectivity index (χ1) is 13.9. The molecular weight excluding hydrogens is 406 g/mol. The van der Waals surface area contributed by atoms with Crippen LogP contribution < -0.4 is 10.6 Å². The minimum absolute atomic E-state index is 0.224. The minimum atomic E-state index is -1.56. The molecule has 0 radical (unpaired) electrons. The van der Waals surface area contributed by atoms with Gasteiger partial charge in [0, 0.05) is 23.1 Å². The van der Waals surface area contributed by atoms with Crippen molar-refractivity contribution >= 4 is 40.0 Å². The van der Waals surface area contributed by atoms with Crippen molar-refractivity contribution in [2.24, 2.45) is 0 Å². The summed E-state index contributed by atoms with van der Waals surface area (Å²) in [5.41, 5.74) is 2.33. The number of aryl methyl sites for hydroxylation is 2. The van der Waals surface area contributed by atoms with Gasteiger partial charge in [-0.1, -0.05) is 18.2 Å². The number of thiazole rings is 1. The summed E-state index contributed by atoms with van der Waals surface area (Å²) in [5.74, 6) is -0.224. The first kappa shape index (κ1) is 20.9. The fraction of sp³-hybridized carbons (Fsp3) is 0.190. The smallest absolute Gasteiger partial charge is 0.251 e. The van der Waals surface area contributed by atoms with Gasteiger partial charge in [-0.2, -0.15) is 0 Å². The number of aldehydes is 1. The molecule has 8 heteroatoms. The quantitative estimate of drug-likeness (QED) is 0.561. The molecule has 0 saturated carbocycles. The van der Waals surface area contributed by atoms with Crippen LogP contribution in [0.1, 0.15) is 36.3 Å². The SMILES string of the molecule is CNc1cc(C(=O)NCc2sc(C)nc2C)ccc1S(=O)c1ccccc1C=O. The highest BCUT2D eigenvalue weighted by molar-refractivity contribution is 7.85. The predicted molar refractivity (Wildman–Crippen MR) is 115 cm³/mol. The van der Waals surface area contributed by atoms with Crippen LogP contribution in [0.5, 0.6) is 0 Å². The highest BCUT2D eigenvalue weighted by atomic mass is 32.2. The highest BCUT2D eigenvalue weighted by Crippen LogP contribution is 2.27. The van der Waals surface area contributed by atoms with Crippen molar-refractivity contribution in [2.75, 3.05) is 12.4 Å². The minimum Gasteiger partial charge on any atom is -0.387 e. The van der Waals surface area contributed by atoms with E-state index < -0.39 is 10.8 Å². The summed E-state index contributed by atoms with van der Waals surface area (Å²) in [5, 5.41) is 6.86. The third-order valence-electron chi connectivity index (χ3n) is 4.37. The van der Waals surface area contributed by atoms with E-state index in [1.165, 1.54) is 0 Å². The lowest BCUT2D eigenvalue weighted by Crippen LogP contribution is -2.23. The molecule has 1 amide bonds. The topological polar surface area (TPSA) is 88.2 Å². The zero-order valence-corrected chi connectivity index (χ0v) is 17.9. The Morgan fingerprint density at radius 1 is 1.17 bits per heavy atom. The number of carbonyl (C=O) groups excluding carboxylic acids is 2. The normalized spacial score (nSPS) is 11.7. The van der Waals surface area contributed by atoms with Gasteiger partial charge in [0.15, 0.2) is 6.29 Å². The molecule has 1 atom stereocenters. The van der Waals surface area contributed by atoms with Crippen LogP contribution in [0.3, 0.4) is 0 Å². The second-order valence-electron chi connectivity index (χ2n) is 6.31. The molecule has 6 nitrogen and oxygen atoms in total. The summed E-state index contributed by atoms with van der Waals surface area (Å²) in [7, 11) is 0.144. The van der Waals surface area contributed by atoms with E-state index >= 15 is 0 Å². The number of amides is 1. The van der Waals surface area contributed by atoms with Crippen LogP contribution in [-0.2, 0) is 17.3 Å². The molecule has 1 heterocycles. The van der Waals surface area contributed by atoms with Gasteiger partial charge in [-0.25, -0.2) is 9.19 Å². The maximum absolute atomic E-state index is 13.0. The van der Waals surface area contributed by atoms with Gasteiger partial charge in [0.1, 0.15) is 0 Å². The number of hydrogen-bond acceptors (Lipinski definition) is 6. The van der Waals surface area contributed by atoms with E-state index in [-0.39, 0.29) is 5.91 Å². The highest BCUT2D eigenvalue weighted by Gasteiger charge is 2.17. The van der Waals surface area contributed by atoms with E-state index in [9.17, 15) is 13.8 Å². The van der Waals surface area contributed by atoms with Crippen molar-refractivity contribution < 1.29 is 13.8 Å². The maximum Gasteiger partial charge on any atom is 0.251 e. The van der Waals surface area contributed by atoms with Crippen molar-refractivity contribution in [3.63, 3.8) is 0 Å². The lowest BCUT2D eigenvalue weighted by molar-refractivity contribution is 0.0951. The molecule has 3 aromatic rings. The molecule has 3 rings (SSSR count). The zero-order chi connectivity index (χ0) is 21.0. The fourth-order valence-electron chi connectivity index (χ4n) is 2.89. The summed E-state index contributed by atoms with van der Waals surface area (Å²) in [6, 6.07) is 11.7. The van der Waals surface area contributed by atoms with Crippen LogP contribution in [-0.4, -0.2) is 28.4 Å². The number of anilines is 1. The summed E-state index contributed by atoms with van der Waals surface area (Å²) in [4.78, 5) is 30.2. The van der Waals surface area contributed by atoms with E-state index in [2.05, 4.69) is 15.6 Å². The average Bonchev–Trinajstić information content (AvgIpc) is 3.07. The summed E-state index contributed by atoms with van der Waals surface area (Å²) >= 11 is 1.56. The zero-order valence-electron chi connectivity index (χ0n) is 16.3. The number of nitrogens with zero attached hydrogens (tertiary/aromatic N) is 1. The Morgan fingerprint density at radius 2 is 1.93 bits per heavy atom. The molecule has 1 unspecified atom stereocenters. The third kappa shape index (κ3) is 4.60. The van der Waals surface area contributed by atoms with Gasteiger partial charge >= 0.3 is 0 Å². The van der Waals surface area contributed by atoms with Gasteiger partial charge in [0.25, 0.3) is 5.91 Å². The van der Waals surface area contributed by atoms with Crippen molar-refractivity contribution in [2.45, 2.75) is 30.2 Å². The summed E-state index contributed by atoms with van der Waals surface area (Å²) in [6.45, 7) is 4.26. The Kier molecular flexibility index (Phi) is 6.56. The van der Waals surface area contributed by atoms with Gasteiger partial charge in [0.05, 0.1) is 43.5 Å². The number of carbonyl (C=O) groups is 2. The Hall–Kier alpha value is -2.84. The summed E-state index contributed by atoms with van der Waals surface area (Å²) < 4.78 is 13.0. The first-order valence-electron chi connectivity index (χ1n) is 8.93. The largest absolute Gasteiger partial charge is 0.387 e. The Labute approximate surface area is 175 Å².